The van der Waals surface area contributed by atoms with Crippen LogP contribution in [0.5, 0.6) is 0 Å². The highest BCUT2D eigenvalue weighted by Gasteiger charge is 2.11. The minimum atomic E-state index is -1.36. The molecule has 0 aliphatic heterocycles. The number of urea groups is 1. The van der Waals surface area contributed by atoms with Crippen LogP contribution in [0.2, 0.25) is 0 Å². The lowest BCUT2D eigenvalue weighted by molar-refractivity contribution is 0.0692. The Kier molecular flexibility index (Phi) is 6.61. The number of rotatable bonds is 7. The number of nitrogens with one attached hydrogen (secondary N) is 2. The van der Waals surface area contributed by atoms with E-state index in [4.69, 9.17) is 9.84 Å². The molecule has 0 bridgehead atoms. The molecule has 0 spiro atoms. The van der Waals surface area contributed by atoms with Gasteiger partial charge in [-0.1, -0.05) is 13.8 Å². The summed E-state index contributed by atoms with van der Waals surface area (Å²) in [5, 5.41) is 13.6. The molecule has 1 aromatic rings. The first-order valence-corrected chi connectivity index (χ1v) is 6.55. The third-order valence-electron chi connectivity index (χ3n) is 2.44. The number of ether oxygens (including phenoxy) is 1. The maximum Gasteiger partial charge on any atom is 0.338 e. The smallest absolute Gasteiger partial charge is 0.338 e. The minimum Gasteiger partial charge on any atom is -0.478 e. The average Bonchev–Trinajstić information content (AvgIpc) is 2.37. The van der Waals surface area contributed by atoms with E-state index in [1.54, 1.807) is 0 Å². The normalized spacial score (nSPS) is 10.5. The van der Waals surface area contributed by atoms with E-state index in [-0.39, 0.29) is 5.69 Å². The lowest BCUT2D eigenvalue weighted by Gasteiger charge is -2.09. The Labute approximate surface area is 122 Å². The zero-order valence-electron chi connectivity index (χ0n) is 12.0. The van der Waals surface area contributed by atoms with Gasteiger partial charge in [0.2, 0.25) is 0 Å². The molecule has 0 aliphatic rings. The van der Waals surface area contributed by atoms with Gasteiger partial charge in [0.1, 0.15) is 5.82 Å². The second-order valence-electron chi connectivity index (χ2n) is 4.85. The molecule has 7 heteroatoms. The Morgan fingerprint density at radius 1 is 1.38 bits per heavy atom. The summed E-state index contributed by atoms with van der Waals surface area (Å²) in [6, 6.07) is 2.87. The fourth-order valence-electron chi connectivity index (χ4n) is 1.50. The van der Waals surface area contributed by atoms with E-state index < -0.39 is 23.4 Å². The zero-order chi connectivity index (χ0) is 15.8. The van der Waals surface area contributed by atoms with Crippen LogP contribution in [0.4, 0.5) is 14.9 Å². The Hall–Kier alpha value is -2.15. The Morgan fingerprint density at radius 2 is 2.10 bits per heavy atom. The third-order valence-corrected chi connectivity index (χ3v) is 2.44. The number of aromatic carboxylic acids is 1. The van der Waals surface area contributed by atoms with Crippen molar-refractivity contribution in [2.45, 2.75) is 13.8 Å². The van der Waals surface area contributed by atoms with Crippen LogP contribution in [0.25, 0.3) is 0 Å². The molecule has 0 aromatic heterocycles. The number of carboxylic acids is 1. The molecular formula is C14H19FN2O4. The van der Waals surface area contributed by atoms with Crippen LogP contribution in [0.15, 0.2) is 18.2 Å². The number of carbonyl (C=O) groups is 2. The van der Waals surface area contributed by atoms with Gasteiger partial charge in [0.15, 0.2) is 0 Å². The monoisotopic (exact) mass is 298 g/mol. The van der Waals surface area contributed by atoms with E-state index in [1.807, 2.05) is 13.8 Å². The van der Waals surface area contributed by atoms with E-state index in [2.05, 4.69) is 10.6 Å². The van der Waals surface area contributed by atoms with Crippen LogP contribution < -0.4 is 10.6 Å². The average molecular weight is 298 g/mol. The number of hydrogen-bond donors (Lipinski definition) is 3. The molecule has 0 radical (unpaired) electrons. The first-order valence-electron chi connectivity index (χ1n) is 6.55. The molecule has 0 atom stereocenters. The molecule has 3 N–H and O–H groups in total. The summed E-state index contributed by atoms with van der Waals surface area (Å²) < 4.78 is 18.7. The number of carbonyl (C=O) groups excluding carboxylic acids is 1. The third kappa shape index (κ3) is 6.22. The van der Waals surface area contributed by atoms with Gasteiger partial charge < -0.3 is 20.5 Å². The zero-order valence-corrected chi connectivity index (χ0v) is 12.0. The van der Waals surface area contributed by atoms with E-state index >= 15 is 0 Å². The Balaban J connectivity index is 2.38. The molecule has 0 saturated carbocycles. The molecule has 2 amide bonds. The van der Waals surface area contributed by atoms with Gasteiger partial charge in [-0.3, -0.25) is 0 Å². The topological polar surface area (TPSA) is 87.7 Å². The van der Waals surface area contributed by atoms with Gasteiger partial charge in [0, 0.05) is 18.8 Å². The van der Waals surface area contributed by atoms with E-state index in [0.29, 0.717) is 25.7 Å². The number of hydrogen-bond acceptors (Lipinski definition) is 3. The summed E-state index contributed by atoms with van der Waals surface area (Å²) in [6.07, 6.45) is 0. The van der Waals surface area contributed by atoms with Gasteiger partial charge >= 0.3 is 12.0 Å². The molecule has 6 nitrogen and oxygen atoms in total. The molecule has 1 rings (SSSR count). The van der Waals surface area contributed by atoms with Crippen molar-refractivity contribution >= 4 is 17.7 Å². The number of anilines is 1. The minimum absolute atomic E-state index is 0.179. The van der Waals surface area contributed by atoms with Crippen LogP contribution >= 0.6 is 0 Å². The van der Waals surface area contributed by atoms with Crippen LogP contribution in [0, 0.1) is 11.7 Å². The summed E-state index contributed by atoms with van der Waals surface area (Å²) >= 11 is 0. The molecule has 0 aliphatic carbocycles. The highest BCUT2D eigenvalue weighted by atomic mass is 19.1. The van der Waals surface area contributed by atoms with Crippen molar-refractivity contribution in [1.82, 2.24) is 5.32 Å². The van der Waals surface area contributed by atoms with E-state index in [0.717, 1.165) is 12.1 Å². The van der Waals surface area contributed by atoms with Crippen LogP contribution in [0.3, 0.4) is 0 Å². The van der Waals surface area contributed by atoms with Crippen LogP contribution in [0.1, 0.15) is 24.2 Å². The van der Waals surface area contributed by atoms with Gasteiger partial charge in [-0.25, -0.2) is 14.0 Å². The Morgan fingerprint density at radius 3 is 2.67 bits per heavy atom. The van der Waals surface area contributed by atoms with Gasteiger partial charge in [-0.15, -0.1) is 0 Å². The highest BCUT2D eigenvalue weighted by molar-refractivity contribution is 5.91. The Bertz CT molecular complexity index is 506. The maximum absolute atomic E-state index is 13.4. The van der Waals surface area contributed by atoms with Crippen molar-refractivity contribution in [3.05, 3.63) is 29.6 Å². The number of carboxylic acid groups (broad SMARTS) is 1. The predicted molar refractivity (Wildman–Crippen MR) is 76.0 cm³/mol. The summed E-state index contributed by atoms with van der Waals surface area (Å²) in [5.41, 5.74) is -0.263. The van der Waals surface area contributed by atoms with E-state index in [1.165, 1.54) is 6.07 Å². The SMILES string of the molecule is CC(C)COCCNC(=O)Nc1ccc(C(=O)O)c(F)c1. The predicted octanol–water partition coefficient (Wildman–Crippen LogP) is 2.32. The number of halogens is 1. The first-order chi connectivity index (χ1) is 9.90. The quantitative estimate of drug-likeness (QED) is 0.674. The summed E-state index contributed by atoms with van der Waals surface area (Å²) in [4.78, 5) is 22.2. The first kappa shape index (κ1) is 16.9. The number of amides is 2. The molecule has 116 valence electrons. The lowest BCUT2D eigenvalue weighted by atomic mass is 10.2. The van der Waals surface area contributed by atoms with E-state index in [9.17, 15) is 14.0 Å². The van der Waals surface area contributed by atoms with Gasteiger partial charge in [0.05, 0.1) is 12.2 Å². The fourth-order valence-corrected chi connectivity index (χ4v) is 1.50. The molecular weight excluding hydrogens is 279 g/mol. The van der Waals surface area contributed by atoms with Crippen LogP contribution in [-0.4, -0.2) is 36.9 Å². The summed E-state index contributed by atoms with van der Waals surface area (Å²) in [5.74, 6) is -1.83. The van der Waals surface area contributed by atoms with Crippen molar-refractivity contribution < 1.29 is 23.8 Å². The second kappa shape index (κ2) is 8.21. The van der Waals surface area contributed by atoms with Crippen molar-refractivity contribution in [3.8, 4) is 0 Å². The van der Waals surface area contributed by atoms with Crippen molar-refractivity contribution in [2.75, 3.05) is 25.1 Å². The maximum atomic E-state index is 13.4. The molecule has 0 unspecified atom stereocenters. The molecule has 0 saturated heterocycles. The fraction of sp³-hybridized carbons (Fsp3) is 0.429. The van der Waals surface area contributed by atoms with Gasteiger partial charge in [-0.2, -0.15) is 0 Å². The van der Waals surface area contributed by atoms with Crippen molar-refractivity contribution in [2.24, 2.45) is 5.92 Å². The van der Waals surface area contributed by atoms with Gasteiger partial charge in [0.25, 0.3) is 0 Å². The lowest BCUT2D eigenvalue weighted by Crippen LogP contribution is -2.31. The second-order valence-corrected chi connectivity index (χ2v) is 4.85. The summed E-state index contributed by atoms with van der Waals surface area (Å²) in [6.45, 7) is 5.38. The summed E-state index contributed by atoms with van der Waals surface area (Å²) in [7, 11) is 0. The van der Waals surface area contributed by atoms with Crippen molar-refractivity contribution in [3.63, 3.8) is 0 Å². The largest absolute Gasteiger partial charge is 0.478 e. The standard InChI is InChI=1S/C14H19FN2O4/c1-9(2)8-21-6-5-16-14(20)17-10-3-4-11(13(18)19)12(15)7-10/h3-4,7,9H,5-6,8H2,1-2H3,(H,18,19)(H2,16,17,20). The molecule has 1 aromatic carbocycles. The molecule has 0 fully saturated rings. The highest BCUT2D eigenvalue weighted by Crippen LogP contribution is 2.14. The number of benzene rings is 1. The molecule has 0 heterocycles. The van der Waals surface area contributed by atoms with Crippen LogP contribution in [-0.2, 0) is 4.74 Å². The van der Waals surface area contributed by atoms with Crippen molar-refractivity contribution in [1.29, 1.82) is 0 Å². The van der Waals surface area contributed by atoms with Gasteiger partial charge in [-0.05, 0) is 24.1 Å². The molecule has 21 heavy (non-hydrogen) atoms.